The van der Waals surface area contributed by atoms with Gasteiger partial charge in [0, 0.05) is 10.7 Å². The molecule has 148 valence electrons. The van der Waals surface area contributed by atoms with Crippen molar-refractivity contribution in [1.82, 2.24) is 9.97 Å². The summed E-state index contributed by atoms with van der Waals surface area (Å²) in [6.07, 6.45) is -0.495. The number of nitrogens with one attached hydrogen (secondary N) is 1. The molecule has 0 aliphatic rings. The van der Waals surface area contributed by atoms with Crippen molar-refractivity contribution < 1.29 is 19.9 Å². The molecule has 0 saturated heterocycles. The number of carboxylic acid groups (broad SMARTS) is 1. The Morgan fingerprint density at radius 3 is 2.41 bits per heavy atom. The predicted octanol–water partition coefficient (Wildman–Crippen LogP) is 4.17. The summed E-state index contributed by atoms with van der Waals surface area (Å²) in [6, 6.07) is 12.3. The molecule has 2 aromatic carbocycles. The molecular weight excluding hydrogens is 402 g/mol. The number of phenols is 1. The van der Waals surface area contributed by atoms with Crippen molar-refractivity contribution in [2.24, 2.45) is 0 Å². The number of nitro groups is 1. The van der Waals surface area contributed by atoms with Crippen LogP contribution >= 0.6 is 11.6 Å². The highest BCUT2D eigenvalue weighted by Crippen LogP contribution is 2.29. The standard InChI is InChI=1S/C18H14ClN5O5/c19-12-3-5-13(6-4-12)21-17-20-9-15(24(28)29)16(22-17)23(18(26)27)10-11-1-7-14(25)8-2-11/h1-9,25H,10H2,(H,26,27)(H,20,21,22). The first-order valence-electron chi connectivity index (χ1n) is 8.16. The van der Waals surface area contributed by atoms with Crippen LogP contribution in [-0.4, -0.2) is 31.2 Å². The van der Waals surface area contributed by atoms with Gasteiger partial charge in [0.15, 0.2) is 0 Å². The van der Waals surface area contributed by atoms with E-state index in [-0.39, 0.29) is 24.1 Å². The Balaban J connectivity index is 1.98. The van der Waals surface area contributed by atoms with Crippen LogP contribution in [0.1, 0.15) is 5.56 Å². The molecule has 0 saturated carbocycles. The fourth-order valence-electron chi connectivity index (χ4n) is 2.43. The molecule has 11 heteroatoms. The lowest BCUT2D eigenvalue weighted by molar-refractivity contribution is -0.384. The van der Waals surface area contributed by atoms with E-state index in [1.807, 2.05) is 0 Å². The van der Waals surface area contributed by atoms with Crippen molar-refractivity contribution in [3.63, 3.8) is 0 Å². The molecule has 3 N–H and O–H groups in total. The van der Waals surface area contributed by atoms with E-state index in [1.165, 1.54) is 24.3 Å². The van der Waals surface area contributed by atoms with E-state index in [9.17, 15) is 25.1 Å². The first-order chi connectivity index (χ1) is 13.8. The summed E-state index contributed by atoms with van der Waals surface area (Å²) in [6.45, 7) is -0.214. The number of aromatic nitrogens is 2. The minimum absolute atomic E-state index is 0.0121. The molecule has 3 rings (SSSR count). The average Bonchev–Trinajstić information content (AvgIpc) is 2.69. The van der Waals surface area contributed by atoms with Gasteiger partial charge in [-0.15, -0.1) is 0 Å². The van der Waals surface area contributed by atoms with Crippen molar-refractivity contribution in [2.75, 3.05) is 10.2 Å². The molecule has 10 nitrogen and oxygen atoms in total. The zero-order valence-corrected chi connectivity index (χ0v) is 15.4. The van der Waals surface area contributed by atoms with Crippen LogP contribution in [0, 0.1) is 10.1 Å². The van der Waals surface area contributed by atoms with E-state index < -0.39 is 16.7 Å². The quantitative estimate of drug-likeness (QED) is 0.402. The summed E-state index contributed by atoms with van der Waals surface area (Å²) in [4.78, 5) is 31.1. The van der Waals surface area contributed by atoms with Crippen molar-refractivity contribution in [3.05, 3.63) is 75.4 Å². The monoisotopic (exact) mass is 415 g/mol. The van der Waals surface area contributed by atoms with Gasteiger partial charge in [-0.05, 0) is 42.0 Å². The second-order valence-electron chi connectivity index (χ2n) is 5.83. The summed E-state index contributed by atoms with van der Waals surface area (Å²) in [7, 11) is 0. The highest BCUT2D eigenvalue weighted by molar-refractivity contribution is 6.30. The number of aromatic hydroxyl groups is 1. The molecular formula is C18H14ClN5O5. The van der Waals surface area contributed by atoms with Crippen LogP contribution in [0.2, 0.25) is 5.02 Å². The van der Waals surface area contributed by atoms with Gasteiger partial charge in [-0.25, -0.2) is 9.78 Å². The average molecular weight is 416 g/mol. The van der Waals surface area contributed by atoms with Gasteiger partial charge >= 0.3 is 11.8 Å². The summed E-state index contributed by atoms with van der Waals surface area (Å²) < 4.78 is 0. The number of rotatable bonds is 6. The van der Waals surface area contributed by atoms with Crippen LogP contribution in [0.25, 0.3) is 0 Å². The molecule has 0 bridgehead atoms. The maximum absolute atomic E-state index is 11.8. The van der Waals surface area contributed by atoms with Crippen LogP contribution < -0.4 is 10.2 Å². The van der Waals surface area contributed by atoms with Crippen molar-refractivity contribution in [1.29, 1.82) is 0 Å². The highest BCUT2D eigenvalue weighted by Gasteiger charge is 2.27. The number of nitrogens with zero attached hydrogens (tertiary/aromatic N) is 4. The summed E-state index contributed by atoms with van der Waals surface area (Å²) in [5, 5.41) is 33.7. The molecule has 3 aromatic rings. The third-order valence-corrected chi connectivity index (χ3v) is 4.06. The Labute approximate surface area is 169 Å². The van der Waals surface area contributed by atoms with Crippen LogP contribution in [-0.2, 0) is 6.54 Å². The van der Waals surface area contributed by atoms with Crippen molar-refractivity contribution >= 4 is 40.8 Å². The zero-order chi connectivity index (χ0) is 21.0. The van der Waals surface area contributed by atoms with Crippen molar-refractivity contribution in [2.45, 2.75) is 6.54 Å². The number of hydrogen-bond donors (Lipinski definition) is 3. The van der Waals surface area contributed by atoms with E-state index in [0.29, 0.717) is 16.3 Å². The van der Waals surface area contributed by atoms with Gasteiger partial charge in [0.2, 0.25) is 11.8 Å². The lowest BCUT2D eigenvalue weighted by atomic mass is 10.2. The molecule has 0 atom stereocenters. The van der Waals surface area contributed by atoms with Gasteiger partial charge in [0.05, 0.1) is 11.5 Å². The molecule has 1 aromatic heterocycles. The summed E-state index contributed by atoms with van der Waals surface area (Å²) in [5.41, 5.74) is 0.507. The number of carbonyl (C=O) groups is 1. The number of anilines is 3. The Morgan fingerprint density at radius 1 is 1.17 bits per heavy atom. The van der Waals surface area contributed by atoms with Gasteiger partial charge in [-0.2, -0.15) is 4.98 Å². The fraction of sp³-hybridized carbons (Fsp3) is 0.0556. The number of benzene rings is 2. The maximum atomic E-state index is 11.8. The van der Waals surface area contributed by atoms with E-state index in [4.69, 9.17) is 11.6 Å². The number of amides is 1. The van der Waals surface area contributed by atoms with Crippen LogP contribution in [0.5, 0.6) is 5.75 Å². The number of phenolic OH excluding ortho intramolecular Hbond substituents is 1. The topological polar surface area (TPSA) is 142 Å². The molecule has 0 unspecified atom stereocenters. The first-order valence-corrected chi connectivity index (χ1v) is 8.53. The van der Waals surface area contributed by atoms with Crippen molar-refractivity contribution in [3.8, 4) is 5.75 Å². The predicted molar refractivity (Wildman–Crippen MR) is 106 cm³/mol. The van der Waals surface area contributed by atoms with E-state index in [1.54, 1.807) is 24.3 Å². The highest BCUT2D eigenvalue weighted by atomic mass is 35.5. The zero-order valence-electron chi connectivity index (χ0n) is 14.7. The molecule has 0 radical (unpaired) electrons. The summed E-state index contributed by atoms with van der Waals surface area (Å²) >= 11 is 5.84. The summed E-state index contributed by atoms with van der Waals surface area (Å²) in [5.74, 6) is -0.398. The molecule has 1 heterocycles. The van der Waals surface area contributed by atoms with Gasteiger partial charge in [-0.1, -0.05) is 23.7 Å². The van der Waals surface area contributed by atoms with Gasteiger partial charge in [0.25, 0.3) is 0 Å². The third kappa shape index (κ3) is 4.87. The molecule has 0 aliphatic heterocycles. The molecule has 0 fully saturated rings. The third-order valence-electron chi connectivity index (χ3n) is 3.81. The molecule has 0 spiro atoms. The maximum Gasteiger partial charge on any atom is 0.413 e. The second-order valence-corrected chi connectivity index (χ2v) is 6.26. The largest absolute Gasteiger partial charge is 0.508 e. The van der Waals surface area contributed by atoms with E-state index in [2.05, 4.69) is 15.3 Å². The van der Waals surface area contributed by atoms with Crippen LogP contribution in [0.4, 0.5) is 27.9 Å². The Morgan fingerprint density at radius 2 is 1.83 bits per heavy atom. The Hall–Kier alpha value is -3.92. The van der Waals surface area contributed by atoms with Gasteiger partial charge in [0.1, 0.15) is 11.9 Å². The first kappa shape index (κ1) is 19.8. The fourth-order valence-corrected chi connectivity index (χ4v) is 2.56. The minimum atomic E-state index is -1.43. The lowest BCUT2D eigenvalue weighted by Gasteiger charge is -2.19. The minimum Gasteiger partial charge on any atom is -0.508 e. The SMILES string of the molecule is O=C(O)N(Cc1ccc(O)cc1)c1nc(Nc2ccc(Cl)cc2)ncc1[N+](=O)[O-]. The number of hydrogen-bond acceptors (Lipinski definition) is 7. The van der Waals surface area contributed by atoms with Crippen LogP contribution in [0.3, 0.4) is 0 Å². The molecule has 0 aliphatic carbocycles. The molecule has 29 heavy (non-hydrogen) atoms. The Kier molecular flexibility index (Phi) is 5.74. The number of halogens is 1. The lowest BCUT2D eigenvalue weighted by Crippen LogP contribution is -2.30. The normalized spacial score (nSPS) is 10.4. The van der Waals surface area contributed by atoms with E-state index >= 15 is 0 Å². The second kappa shape index (κ2) is 8.40. The smallest absolute Gasteiger partial charge is 0.413 e. The molecule has 1 amide bonds. The van der Waals surface area contributed by atoms with Gasteiger partial charge in [-0.3, -0.25) is 15.0 Å². The van der Waals surface area contributed by atoms with Gasteiger partial charge < -0.3 is 15.5 Å². The van der Waals surface area contributed by atoms with E-state index in [0.717, 1.165) is 11.1 Å². The van der Waals surface area contributed by atoms with Crippen LogP contribution in [0.15, 0.2) is 54.7 Å². The Bertz CT molecular complexity index is 1040.